The zero-order chi connectivity index (χ0) is 14.7. The first-order chi connectivity index (χ1) is 9.45. The van der Waals surface area contributed by atoms with E-state index in [-0.39, 0.29) is 17.5 Å². The van der Waals surface area contributed by atoms with Crippen LogP contribution in [0.4, 0.5) is 0 Å². The monoisotopic (exact) mass is 336 g/mol. The minimum atomic E-state index is -1.04. The lowest BCUT2D eigenvalue weighted by Gasteiger charge is -2.06. The molecule has 0 saturated heterocycles. The summed E-state index contributed by atoms with van der Waals surface area (Å²) in [5.74, 6) is -0.514. The molecular formula is C14H13BrN2O3. The van der Waals surface area contributed by atoms with Gasteiger partial charge in [0.15, 0.2) is 0 Å². The zero-order valence-electron chi connectivity index (χ0n) is 10.8. The summed E-state index contributed by atoms with van der Waals surface area (Å²) in [6.45, 7) is 1.65. The highest BCUT2D eigenvalue weighted by Gasteiger charge is 2.12. The van der Waals surface area contributed by atoms with Crippen LogP contribution < -0.4 is 5.56 Å². The molecule has 0 radical (unpaired) electrons. The van der Waals surface area contributed by atoms with E-state index < -0.39 is 5.97 Å². The lowest BCUT2D eigenvalue weighted by atomic mass is 10.1. The number of hydrogen-bond donors (Lipinski definition) is 2. The number of rotatable bonds is 4. The Hall–Kier alpha value is -1.95. The second-order valence-electron chi connectivity index (χ2n) is 4.45. The number of aliphatic carboxylic acids is 1. The predicted molar refractivity (Wildman–Crippen MR) is 77.9 cm³/mol. The van der Waals surface area contributed by atoms with Crippen LogP contribution in [0.1, 0.15) is 22.6 Å². The lowest BCUT2D eigenvalue weighted by Crippen LogP contribution is -2.21. The minimum absolute atomic E-state index is 0.204. The van der Waals surface area contributed by atoms with E-state index in [0.717, 1.165) is 10.0 Å². The molecule has 0 unspecified atom stereocenters. The van der Waals surface area contributed by atoms with Crippen molar-refractivity contribution in [3.8, 4) is 0 Å². The number of halogens is 1. The topological polar surface area (TPSA) is 83.0 Å². The molecule has 0 atom stereocenters. The van der Waals surface area contributed by atoms with Gasteiger partial charge in [-0.2, -0.15) is 0 Å². The third-order valence-corrected chi connectivity index (χ3v) is 3.35. The zero-order valence-corrected chi connectivity index (χ0v) is 12.4. The summed E-state index contributed by atoms with van der Waals surface area (Å²) in [5.41, 5.74) is 1.29. The Kier molecular flexibility index (Phi) is 4.34. The van der Waals surface area contributed by atoms with Gasteiger partial charge in [0, 0.05) is 22.2 Å². The van der Waals surface area contributed by atoms with E-state index in [9.17, 15) is 9.59 Å². The molecule has 2 aromatic rings. The molecule has 1 aromatic carbocycles. The van der Waals surface area contributed by atoms with Crippen molar-refractivity contribution in [2.24, 2.45) is 0 Å². The number of benzene rings is 1. The summed E-state index contributed by atoms with van der Waals surface area (Å²) in [4.78, 5) is 29.5. The first-order valence-electron chi connectivity index (χ1n) is 6.00. The molecule has 0 aliphatic carbocycles. The summed E-state index contributed by atoms with van der Waals surface area (Å²) in [6, 6.07) is 7.70. The Morgan fingerprint density at radius 2 is 2.20 bits per heavy atom. The summed E-state index contributed by atoms with van der Waals surface area (Å²) >= 11 is 3.39. The average Bonchev–Trinajstić information content (AvgIpc) is 2.33. The van der Waals surface area contributed by atoms with Crippen molar-refractivity contribution in [2.75, 3.05) is 0 Å². The van der Waals surface area contributed by atoms with Gasteiger partial charge in [0.05, 0.1) is 6.42 Å². The van der Waals surface area contributed by atoms with Gasteiger partial charge in [-0.15, -0.1) is 0 Å². The first-order valence-corrected chi connectivity index (χ1v) is 6.80. The van der Waals surface area contributed by atoms with Gasteiger partial charge < -0.3 is 10.1 Å². The van der Waals surface area contributed by atoms with E-state index in [1.54, 1.807) is 6.92 Å². The molecule has 0 fully saturated rings. The van der Waals surface area contributed by atoms with Crippen LogP contribution in [0.2, 0.25) is 0 Å². The van der Waals surface area contributed by atoms with E-state index in [2.05, 4.69) is 25.9 Å². The second-order valence-corrected chi connectivity index (χ2v) is 5.37. The Bertz CT molecular complexity index is 710. The molecule has 5 nitrogen and oxygen atoms in total. The number of aryl methyl sites for hydroxylation is 1. The largest absolute Gasteiger partial charge is 0.481 e. The number of nitrogens with zero attached hydrogens (tertiary/aromatic N) is 1. The van der Waals surface area contributed by atoms with Crippen molar-refractivity contribution in [3.63, 3.8) is 0 Å². The van der Waals surface area contributed by atoms with Crippen LogP contribution >= 0.6 is 15.9 Å². The van der Waals surface area contributed by atoms with Crippen molar-refractivity contribution in [3.05, 3.63) is 61.7 Å². The van der Waals surface area contributed by atoms with Gasteiger partial charge >= 0.3 is 5.97 Å². The molecule has 0 saturated carbocycles. The fraction of sp³-hybridized carbons (Fsp3) is 0.214. The van der Waals surface area contributed by atoms with E-state index >= 15 is 0 Å². The molecule has 2 N–H and O–H groups in total. The predicted octanol–water partition coefficient (Wildman–Crippen LogP) is 2.06. The fourth-order valence-electron chi connectivity index (χ4n) is 1.95. The summed E-state index contributed by atoms with van der Waals surface area (Å²) < 4.78 is 0.955. The van der Waals surface area contributed by atoms with Crippen LogP contribution in [0.25, 0.3) is 0 Å². The van der Waals surface area contributed by atoms with Crippen LogP contribution in [-0.2, 0) is 17.6 Å². The van der Waals surface area contributed by atoms with Crippen LogP contribution in [0.15, 0.2) is 33.5 Å². The van der Waals surface area contributed by atoms with E-state index in [0.29, 0.717) is 17.9 Å². The number of H-pyrrole nitrogens is 1. The Morgan fingerprint density at radius 1 is 1.45 bits per heavy atom. The molecule has 6 heteroatoms. The van der Waals surface area contributed by atoms with E-state index in [1.165, 1.54) is 0 Å². The third-order valence-electron chi connectivity index (χ3n) is 2.86. The number of carboxylic acid groups (broad SMARTS) is 1. The molecular weight excluding hydrogens is 324 g/mol. The highest BCUT2D eigenvalue weighted by atomic mass is 79.9. The molecule has 0 amide bonds. The Balaban J connectivity index is 2.31. The molecule has 0 aliphatic rings. The van der Waals surface area contributed by atoms with Gasteiger partial charge in [-0.1, -0.05) is 28.1 Å². The minimum Gasteiger partial charge on any atom is -0.481 e. The molecule has 2 rings (SSSR count). The molecule has 1 heterocycles. The maximum atomic E-state index is 11.9. The number of nitrogens with one attached hydrogen (secondary N) is 1. The van der Waals surface area contributed by atoms with Crippen LogP contribution in [0.5, 0.6) is 0 Å². The van der Waals surface area contributed by atoms with Crippen molar-refractivity contribution in [1.82, 2.24) is 9.97 Å². The van der Waals surface area contributed by atoms with Crippen LogP contribution in [0, 0.1) is 6.92 Å². The first kappa shape index (κ1) is 14.5. The van der Waals surface area contributed by atoms with E-state index in [4.69, 9.17) is 5.11 Å². The third kappa shape index (κ3) is 3.54. The van der Waals surface area contributed by atoms with Crippen LogP contribution in [-0.4, -0.2) is 21.0 Å². The van der Waals surface area contributed by atoms with Crippen molar-refractivity contribution >= 4 is 21.9 Å². The van der Waals surface area contributed by atoms with Gasteiger partial charge in [0.25, 0.3) is 5.56 Å². The average molecular weight is 337 g/mol. The number of carbonyl (C=O) groups is 1. The molecule has 104 valence electrons. The SMILES string of the molecule is Cc1nc(Cc2cccc(Br)c2)[nH]c(=O)c1CC(=O)O. The normalized spacial score (nSPS) is 10.5. The molecule has 20 heavy (non-hydrogen) atoms. The number of aromatic amines is 1. The standard InChI is InChI=1S/C14H13BrN2O3/c1-8-11(7-13(18)19)14(20)17-12(16-8)6-9-3-2-4-10(15)5-9/h2-5H,6-7H2,1H3,(H,18,19)(H,16,17,20). The van der Waals surface area contributed by atoms with Crippen molar-refractivity contribution in [1.29, 1.82) is 0 Å². The van der Waals surface area contributed by atoms with Gasteiger partial charge in [0.2, 0.25) is 0 Å². The maximum Gasteiger partial charge on any atom is 0.308 e. The highest BCUT2D eigenvalue weighted by molar-refractivity contribution is 9.10. The van der Waals surface area contributed by atoms with Gasteiger partial charge in [0.1, 0.15) is 5.82 Å². The summed E-state index contributed by atoms with van der Waals surface area (Å²) in [7, 11) is 0. The van der Waals surface area contributed by atoms with Gasteiger partial charge in [-0.25, -0.2) is 4.98 Å². The molecule has 1 aromatic heterocycles. The fourth-order valence-corrected chi connectivity index (χ4v) is 2.40. The van der Waals surface area contributed by atoms with Crippen LogP contribution in [0.3, 0.4) is 0 Å². The molecule has 0 aliphatic heterocycles. The maximum absolute atomic E-state index is 11.9. The highest BCUT2D eigenvalue weighted by Crippen LogP contribution is 2.14. The van der Waals surface area contributed by atoms with Crippen molar-refractivity contribution < 1.29 is 9.90 Å². The Labute approximate surface area is 123 Å². The molecule has 0 bridgehead atoms. The summed E-state index contributed by atoms with van der Waals surface area (Å²) in [5, 5.41) is 8.77. The number of aromatic nitrogens is 2. The Morgan fingerprint density at radius 3 is 2.80 bits per heavy atom. The quantitative estimate of drug-likeness (QED) is 0.895. The van der Waals surface area contributed by atoms with Gasteiger partial charge in [-0.05, 0) is 24.6 Å². The number of carboxylic acids is 1. The smallest absolute Gasteiger partial charge is 0.308 e. The lowest BCUT2D eigenvalue weighted by molar-refractivity contribution is -0.136. The van der Waals surface area contributed by atoms with Crippen molar-refractivity contribution in [2.45, 2.75) is 19.8 Å². The number of hydrogen-bond acceptors (Lipinski definition) is 3. The van der Waals surface area contributed by atoms with E-state index in [1.807, 2.05) is 24.3 Å². The summed E-state index contributed by atoms with van der Waals surface area (Å²) in [6.07, 6.45) is 0.175. The second kappa shape index (κ2) is 6.00. The molecule has 0 spiro atoms. The van der Waals surface area contributed by atoms with Gasteiger partial charge in [-0.3, -0.25) is 9.59 Å².